The lowest BCUT2D eigenvalue weighted by atomic mass is 10.0. The summed E-state index contributed by atoms with van der Waals surface area (Å²) in [6.45, 7) is 2.46. The Labute approximate surface area is 94.0 Å². The minimum atomic E-state index is 0.710. The first-order valence-corrected chi connectivity index (χ1v) is 5.43. The minimum absolute atomic E-state index is 0.710. The molecule has 1 aliphatic heterocycles. The van der Waals surface area contributed by atoms with E-state index in [1.165, 1.54) is 5.56 Å². The summed E-state index contributed by atoms with van der Waals surface area (Å²) >= 11 is 0. The highest BCUT2D eigenvalue weighted by molar-refractivity contribution is 5.71. The fraction of sp³-hybridized carbons (Fsp3) is 0.231. The van der Waals surface area contributed by atoms with E-state index in [1.54, 1.807) is 12.5 Å². The summed E-state index contributed by atoms with van der Waals surface area (Å²) in [5.41, 5.74) is 3.38. The average molecular weight is 215 g/mol. The Balaban J connectivity index is 2.12. The standard InChI is InChI=1S/C13H13NO2/c1-2-10-8-14-5-7-16-13(10)12(3-1)11-4-6-15-9-11/h1-4,6,9,14H,5,7-8H2. The molecule has 0 saturated heterocycles. The van der Waals surface area contributed by atoms with E-state index in [0.29, 0.717) is 6.61 Å². The van der Waals surface area contributed by atoms with E-state index < -0.39 is 0 Å². The molecule has 0 fully saturated rings. The van der Waals surface area contributed by atoms with Crippen molar-refractivity contribution in [2.24, 2.45) is 0 Å². The first-order chi connectivity index (χ1) is 7.95. The highest BCUT2D eigenvalue weighted by atomic mass is 16.5. The van der Waals surface area contributed by atoms with Crippen molar-refractivity contribution in [3.05, 3.63) is 42.4 Å². The molecule has 1 aliphatic rings. The van der Waals surface area contributed by atoms with Gasteiger partial charge >= 0.3 is 0 Å². The highest BCUT2D eigenvalue weighted by Crippen LogP contribution is 2.34. The summed E-state index contributed by atoms with van der Waals surface area (Å²) < 4.78 is 10.9. The van der Waals surface area contributed by atoms with Gasteiger partial charge in [0.25, 0.3) is 0 Å². The van der Waals surface area contributed by atoms with Crippen LogP contribution in [0.4, 0.5) is 0 Å². The maximum atomic E-state index is 5.80. The molecular formula is C13H13NO2. The Hall–Kier alpha value is -1.74. The number of rotatable bonds is 1. The second kappa shape index (κ2) is 4.02. The Bertz CT molecular complexity index is 477. The third-order valence-electron chi connectivity index (χ3n) is 2.77. The molecule has 3 rings (SSSR count). The molecule has 1 aromatic heterocycles. The molecule has 16 heavy (non-hydrogen) atoms. The van der Waals surface area contributed by atoms with Crippen LogP contribution in [0.1, 0.15) is 5.56 Å². The van der Waals surface area contributed by atoms with Crippen molar-refractivity contribution in [3.8, 4) is 16.9 Å². The molecule has 0 saturated carbocycles. The maximum Gasteiger partial charge on any atom is 0.131 e. The van der Waals surface area contributed by atoms with Gasteiger partial charge in [0.05, 0.1) is 12.5 Å². The molecule has 3 heteroatoms. The van der Waals surface area contributed by atoms with Crippen LogP contribution in [-0.4, -0.2) is 13.2 Å². The second-order valence-electron chi connectivity index (χ2n) is 3.83. The van der Waals surface area contributed by atoms with Crippen molar-refractivity contribution in [2.45, 2.75) is 6.54 Å². The summed E-state index contributed by atoms with van der Waals surface area (Å²) in [7, 11) is 0. The van der Waals surface area contributed by atoms with E-state index in [9.17, 15) is 0 Å². The number of para-hydroxylation sites is 1. The molecule has 2 aromatic rings. The molecule has 82 valence electrons. The molecule has 0 bridgehead atoms. The summed E-state index contributed by atoms with van der Waals surface area (Å²) in [4.78, 5) is 0. The minimum Gasteiger partial charge on any atom is -0.491 e. The number of hydrogen-bond acceptors (Lipinski definition) is 3. The fourth-order valence-corrected chi connectivity index (χ4v) is 1.99. The van der Waals surface area contributed by atoms with Crippen molar-refractivity contribution in [1.82, 2.24) is 5.32 Å². The van der Waals surface area contributed by atoms with Crippen molar-refractivity contribution in [3.63, 3.8) is 0 Å². The van der Waals surface area contributed by atoms with E-state index in [4.69, 9.17) is 9.15 Å². The molecule has 1 N–H and O–H groups in total. The van der Waals surface area contributed by atoms with Gasteiger partial charge in [-0.05, 0) is 6.07 Å². The van der Waals surface area contributed by atoms with Crippen LogP contribution >= 0.6 is 0 Å². The zero-order chi connectivity index (χ0) is 10.8. The van der Waals surface area contributed by atoms with Crippen LogP contribution in [0.2, 0.25) is 0 Å². The van der Waals surface area contributed by atoms with Gasteiger partial charge in [-0.2, -0.15) is 0 Å². The Morgan fingerprint density at radius 2 is 2.19 bits per heavy atom. The predicted octanol–water partition coefficient (Wildman–Crippen LogP) is 2.43. The molecule has 0 spiro atoms. The van der Waals surface area contributed by atoms with Crippen LogP contribution in [0.5, 0.6) is 5.75 Å². The van der Waals surface area contributed by atoms with E-state index in [1.807, 2.05) is 6.07 Å². The number of nitrogens with one attached hydrogen (secondary N) is 1. The van der Waals surface area contributed by atoms with Gasteiger partial charge in [0, 0.05) is 29.8 Å². The number of fused-ring (bicyclic) bond motifs is 1. The van der Waals surface area contributed by atoms with Crippen molar-refractivity contribution >= 4 is 0 Å². The van der Waals surface area contributed by atoms with Crippen LogP contribution in [-0.2, 0) is 6.54 Å². The molecular weight excluding hydrogens is 202 g/mol. The molecule has 0 aliphatic carbocycles. The van der Waals surface area contributed by atoms with E-state index in [-0.39, 0.29) is 0 Å². The zero-order valence-electron chi connectivity index (χ0n) is 8.90. The van der Waals surface area contributed by atoms with E-state index in [2.05, 4.69) is 23.5 Å². The molecule has 0 radical (unpaired) electrons. The van der Waals surface area contributed by atoms with Gasteiger partial charge in [-0.15, -0.1) is 0 Å². The highest BCUT2D eigenvalue weighted by Gasteiger charge is 2.14. The van der Waals surface area contributed by atoms with Gasteiger partial charge in [0.15, 0.2) is 0 Å². The first-order valence-electron chi connectivity index (χ1n) is 5.43. The normalized spacial score (nSPS) is 15.0. The first kappa shape index (κ1) is 9.48. The summed E-state index contributed by atoms with van der Waals surface area (Å²) in [5, 5.41) is 3.33. The number of hydrogen-bond donors (Lipinski definition) is 1. The van der Waals surface area contributed by atoms with Crippen LogP contribution in [0.15, 0.2) is 41.2 Å². The van der Waals surface area contributed by atoms with Crippen molar-refractivity contribution in [1.29, 1.82) is 0 Å². The zero-order valence-corrected chi connectivity index (χ0v) is 8.90. The summed E-state index contributed by atoms with van der Waals surface area (Å²) in [6.07, 6.45) is 3.43. The van der Waals surface area contributed by atoms with Gasteiger partial charge in [-0.25, -0.2) is 0 Å². The number of furan rings is 1. The second-order valence-corrected chi connectivity index (χ2v) is 3.83. The lowest BCUT2D eigenvalue weighted by molar-refractivity contribution is 0.327. The van der Waals surface area contributed by atoms with Crippen LogP contribution in [0.25, 0.3) is 11.1 Å². The monoisotopic (exact) mass is 215 g/mol. The van der Waals surface area contributed by atoms with Gasteiger partial charge < -0.3 is 14.5 Å². The summed E-state index contributed by atoms with van der Waals surface area (Å²) in [6, 6.07) is 8.17. The third kappa shape index (κ3) is 1.59. The Morgan fingerprint density at radius 1 is 1.19 bits per heavy atom. The Kier molecular flexibility index (Phi) is 2.38. The molecule has 0 unspecified atom stereocenters. The SMILES string of the molecule is c1cc2c(c(-c3ccoc3)c1)OCCNC2. The van der Waals surface area contributed by atoms with Gasteiger partial charge in [-0.3, -0.25) is 0 Å². The molecule has 2 heterocycles. The molecule has 3 nitrogen and oxygen atoms in total. The van der Waals surface area contributed by atoms with Crippen LogP contribution in [0, 0.1) is 0 Å². The quantitative estimate of drug-likeness (QED) is 0.793. The van der Waals surface area contributed by atoms with Gasteiger partial charge in [0.1, 0.15) is 12.4 Å². The fourth-order valence-electron chi connectivity index (χ4n) is 1.99. The van der Waals surface area contributed by atoms with Crippen molar-refractivity contribution < 1.29 is 9.15 Å². The lowest BCUT2D eigenvalue weighted by Crippen LogP contribution is -2.16. The van der Waals surface area contributed by atoms with Gasteiger partial charge in [-0.1, -0.05) is 18.2 Å². The largest absolute Gasteiger partial charge is 0.491 e. The maximum absolute atomic E-state index is 5.80. The van der Waals surface area contributed by atoms with Crippen LogP contribution < -0.4 is 10.1 Å². The van der Waals surface area contributed by atoms with E-state index in [0.717, 1.165) is 30.0 Å². The molecule has 0 atom stereocenters. The molecule has 0 amide bonds. The topological polar surface area (TPSA) is 34.4 Å². The van der Waals surface area contributed by atoms with E-state index >= 15 is 0 Å². The average Bonchev–Trinajstić information content (AvgIpc) is 2.73. The predicted molar refractivity (Wildman–Crippen MR) is 61.3 cm³/mol. The van der Waals surface area contributed by atoms with Gasteiger partial charge in [0.2, 0.25) is 0 Å². The Morgan fingerprint density at radius 3 is 3.06 bits per heavy atom. The summed E-state index contributed by atoms with van der Waals surface area (Å²) in [5.74, 6) is 0.980. The number of ether oxygens (including phenoxy) is 1. The van der Waals surface area contributed by atoms with Crippen LogP contribution in [0.3, 0.4) is 0 Å². The molecule has 1 aromatic carbocycles. The van der Waals surface area contributed by atoms with Crippen molar-refractivity contribution in [2.75, 3.05) is 13.2 Å². The smallest absolute Gasteiger partial charge is 0.131 e. The number of benzene rings is 1. The lowest BCUT2D eigenvalue weighted by Gasteiger charge is -2.10. The third-order valence-corrected chi connectivity index (χ3v) is 2.77.